The summed E-state index contributed by atoms with van der Waals surface area (Å²) < 4.78 is 18.7. The molecule has 1 heterocycles. The summed E-state index contributed by atoms with van der Waals surface area (Å²) in [5.74, 6) is -0.141. The van der Waals surface area contributed by atoms with E-state index in [2.05, 4.69) is 0 Å². The number of morpholine rings is 1. The maximum Gasteiger partial charge on any atom is 0.146 e. The minimum atomic E-state index is -0.141. The van der Waals surface area contributed by atoms with Crippen LogP contribution in [0.2, 0.25) is 0 Å². The van der Waals surface area contributed by atoms with E-state index in [0.29, 0.717) is 18.9 Å². The van der Waals surface area contributed by atoms with E-state index in [9.17, 15) is 4.39 Å². The van der Waals surface area contributed by atoms with Crippen LogP contribution in [0.4, 0.5) is 10.1 Å². The lowest BCUT2D eigenvalue weighted by atomic mass is 10.2. The highest BCUT2D eigenvalue weighted by Gasteiger charge is 2.14. The second-order valence-electron chi connectivity index (χ2n) is 3.55. The van der Waals surface area contributed by atoms with Gasteiger partial charge in [-0.05, 0) is 24.6 Å². The molecule has 76 valence electrons. The van der Waals surface area contributed by atoms with Crippen molar-refractivity contribution >= 4 is 5.69 Å². The van der Waals surface area contributed by atoms with Crippen molar-refractivity contribution in [3.8, 4) is 0 Å². The van der Waals surface area contributed by atoms with Crippen molar-refractivity contribution in [3.05, 3.63) is 29.6 Å². The highest BCUT2D eigenvalue weighted by molar-refractivity contribution is 5.50. The Morgan fingerprint density at radius 3 is 2.71 bits per heavy atom. The molecule has 1 fully saturated rings. The van der Waals surface area contributed by atoms with Crippen molar-refractivity contribution in [2.24, 2.45) is 0 Å². The Morgan fingerprint density at radius 2 is 2.00 bits per heavy atom. The summed E-state index contributed by atoms with van der Waals surface area (Å²) in [6, 6.07) is 5.21. The first-order valence-corrected chi connectivity index (χ1v) is 4.86. The summed E-state index contributed by atoms with van der Waals surface area (Å²) in [6.45, 7) is 4.91. The Balaban J connectivity index is 2.24. The molecule has 1 aromatic carbocycles. The van der Waals surface area contributed by atoms with Crippen molar-refractivity contribution in [1.29, 1.82) is 0 Å². The molecule has 2 rings (SSSR count). The minimum Gasteiger partial charge on any atom is -0.378 e. The molecular weight excluding hydrogens is 181 g/mol. The van der Waals surface area contributed by atoms with Crippen molar-refractivity contribution in [3.63, 3.8) is 0 Å². The molecule has 0 atom stereocenters. The van der Waals surface area contributed by atoms with E-state index in [0.717, 1.165) is 18.7 Å². The second kappa shape index (κ2) is 3.96. The average molecular weight is 195 g/mol. The molecule has 1 aromatic rings. The third kappa shape index (κ3) is 1.87. The van der Waals surface area contributed by atoms with Gasteiger partial charge in [-0.25, -0.2) is 4.39 Å². The largest absolute Gasteiger partial charge is 0.378 e. The number of ether oxygens (including phenoxy) is 1. The first kappa shape index (κ1) is 9.46. The smallest absolute Gasteiger partial charge is 0.146 e. The van der Waals surface area contributed by atoms with Crippen molar-refractivity contribution < 1.29 is 9.13 Å². The van der Waals surface area contributed by atoms with E-state index in [-0.39, 0.29) is 5.82 Å². The van der Waals surface area contributed by atoms with Gasteiger partial charge in [-0.3, -0.25) is 0 Å². The molecule has 1 aliphatic heterocycles. The monoisotopic (exact) mass is 195 g/mol. The first-order valence-electron chi connectivity index (χ1n) is 4.86. The molecule has 1 aliphatic rings. The Kier molecular flexibility index (Phi) is 2.68. The fourth-order valence-corrected chi connectivity index (χ4v) is 1.67. The quantitative estimate of drug-likeness (QED) is 0.679. The number of aryl methyl sites for hydroxylation is 1. The van der Waals surface area contributed by atoms with Crippen LogP contribution < -0.4 is 4.90 Å². The molecule has 2 nitrogen and oxygen atoms in total. The summed E-state index contributed by atoms with van der Waals surface area (Å²) in [7, 11) is 0. The van der Waals surface area contributed by atoms with Crippen LogP contribution in [-0.2, 0) is 4.74 Å². The number of benzene rings is 1. The van der Waals surface area contributed by atoms with Gasteiger partial charge in [0, 0.05) is 13.1 Å². The van der Waals surface area contributed by atoms with Gasteiger partial charge in [-0.1, -0.05) is 6.07 Å². The standard InChI is InChI=1S/C11H14FNO/c1-9-2-3-10(12)11(8-9)13-4-6-14-7-5-13/h2-3,8H,4-7H2,1H3. The van der Waals surface area contributed by atoms with Gasteiger partial charge >= 0.3 is 0 Å². The molecule has 0 aromatic heterocycles. The molecule has 3 heteroatoms. The summed E-state index contributed by atoms with van der Waals surface area (Å²) >= 11 is 0. The molecule has 0 unspecified atom stereocenters. The van der Waals surface area contributed by atoms with Gasteiger partial charge in [0.15, 0.2) is 0 Å². The highest BCUT2D eigenvalue weighted by Crippen LogP contribution is 2.21. The van der Waals surface area contributed by atoms with Crippen LogP contribution >= 0.6 is 0 Å². The van der Waals surface area contributed by atoms with Crippen molar-refractivity contribution in [2.45, 2.75) is 6.92 Å². The summed E-state index contributed by atoms with van der Waals surface area (Å²) in [5, 5.41) is 0. The van der Waals surface area contributed by atoms with Crippen LogP contribution in [0.25, 0.3) is 0 Å². The molecule has 0 bridgehead atoms. The van der Waals surface area contributed by atoms with Gasteiger partial charge in [-0.15, -0.1) is 0 Å². The third-order valence-corrected chi connectivity index (χ3v) is 2.45. The Labute approximate surface area is 83.3 Å². The average Bonchev–Trinajstić information content (AvgIpc) is 2.23. The Morgan fingerprint density at radius 1 is 1.29 bits per heavy atom. The van der Waals surface area contributed by atoms with E-state index in [1.807, 2.05) is 17.9 Å². The van der Waals surface area contributed by atoms with Crippen molar-refractivity contribution in [2.75, 3.05) is 31.2 Å². The van der Waals surface area contributed by atoms with Crippen molar-refractivity contribution in [1.82, 2.24) is 0 Å². The van der Waals surface area contributed by atoms with Gasteiger partial charge in [0.1, 0.15) is 5.82 Å². The predicted molar refractivity (Wildman–Crippen MR) is 54.2 cm³/mol. The lowest BCUT2D eigenvalue weighted by molar-refractivity contribution is 0.122. The van der Waals surface area contributed by atoms with Crippen LogP contribution in [0, 0.1) is 12.7 Å². The fourth-order valence-electron chi connectivity index (χ4n) is 1.67. The normalized spacial score (nSPS) is 17.1. The molecule has 0 amide bonds. The maximum atomic E-state index is 13.5. The molecule has 0 N–H and O–H groups in total. The minimum absolute atomic E-state index is 0.141. The lowest BCUT2D eigenvalue weighted by Crippen LogP contribution is -2.36. The zero-order valence-electron chi connectivity index (χ0n) is 8.29. The predicted octanol–water partition coefficient (Wildman–Crippen LogP) is 1.97. The molecule has 14 heavy (non-hydrogen) atoms. The van der Waals surface area contributed by atoms with Crippen LogP contribution in [0.5, 0.6) is 0 Å². The molecule has 0 radical (unpaired) electrons. The van der Waals surface area contributed by atoms with Crippen LogP contribution in [-0.4, -0.2) is 26.3 Å². The second-order valence-corrected chi connectivity index (χ2v) is 3.55. The number of rotatable bonds is 1. The number of anilines is 1. The molecule has 0 saturated carbocycles. The van der Waals surface area contributed by atoms with Crippen LogP contribution in [0.3, 0.4) is 0 Å². The molecular formula is C11H14FNO. The Hall–Kier alpha value is -1.09. The van der Waals surface area contributed by atoms with E-state index >= 15 is 0 Å². The fraction of sp³-hybridized carbons (Fsp3) is 0.455. The zero-order chi connectivity index (χ0) is 9.97. The van der Waals surface area contributed by atoms with E-state index in [1.54, 1.807) is 6.07 Å². The van der Waals surface area contributed by atoms with E-state index in [4.69, 9.17) is 4.74 Å². The summed E-state index contributed by atoms with van der Waals surface area (Å²) in [6.07, 6.45) is 0. The van der Waals surface area contributed by atoms with Crippen LogP contribution in [0.1, 0.15) is 5.56 Å². The number of nitrogens with zero attached hydrogens (tertiary/aromatic N) is 1. The zero-order valence-corrected chi connectivity index (χ0v) is 8.29. The molecule has 1 saturated heterocycles. The summed E-state index contributed by atoms with van der Waals surface area (Å²) in [5.41, 5.74) is 1.79. The van der Waals surface area contributed by atoms with Gasteiger partial charge < -0.3 is 9.64 Å². The summed E-state index contributed by atoms with van der Waals surface area (Å²) in [4.78, 5) is 2.03. The number of halogens is 1. The van der Waals surface area contributed by atoms with Gasteiger partial charge in [-0.2, -0.15) is 0 Å². The molecule has 0 aliphatic carbocycles. The van der Waals surface area contributed by atoms with E-state index < -0.39 is 0 Å². The number of hydrogen-bond donors (Lipinski definition) is 0. The first-order chi connectivity index (χ1) is 6.77. The SMILES string of the molecule is Cc1ccc(F)c(N2CCOCC2)c1. The lowest BCUT2D eigenvalue weighted by Gasteiger charge is -2.29. The topological polar surface area (TPSA) is 12.5 Å². The highest BCUT2D eigenvalue weighted by atomic mass is 19.1. The van der Waals surface area contributed by atoms with Crippen LogP contribution in [0.15, 0.2) is 18.2 Å². The number of hydrogen-bond acceptors (Lipinski definition) is 2. The van der Waals surface area contributed by atoms with Gasteiger partial charge in [0.25, 0.3) is 0 Å². The van der Waals surface area contributed by atoms with Gasteiger partial charge in [0.05, 0.1) is 18.9 Å². The maximum absolute atomic E-state index is 13.5. The third-order valence-electron chi connectivity index (χ3n) is 2.45. The Bertz CT molecular complexity index is 321. The molecule has 0 spiro atoms. The van der Waals surface area contributed by atoms with Gasteiger partial charge in [0.2, 0.25) is 0 Å². The van der Waals surface area contributed by atoms with E-state index in [1.165, 1.54) is 6.07 Å².